The average molecular weight is 549 g/mol. The van der Waals surface area contributed by atoms with E-state index in [2.05, 4.69) is 21.2 Å². The van der Waals surface area contributed by atoms with Crippen molar-refractivity contribution in [3.8, 4) is 17.2 Å². The number of carbonyl (C=O) groups excluding carboxylic acids is 2. The van der Waals surface area contributed by atoms with Crippen molar-refractivity contribution in [2.45, 2.75) is 26.1 Å². The molecule has 11 heteroatoms. The van der Waals surface area contributed by atoms with Crippen LogP contribution in [0.1, 0.15) is 31.0 Å². The van der Waals surface area contributed by atoms with Gasteiger partial charge in [0, 0.05) is 11.3 Å². The van der Waals surface area contributed by atoms with Crippen molar-refractivity contribution < 1.29 is 33.6 Å². The highest BCUT2D eigenvalue weighted by Gasteiger charge is 2.32. The van der Waals surface area contributed by atoms with E-state index in [9.17, 15) is 14.7 Å². The van der Waals surface area contributed by atoms with Gasteiger partial charge in [0.25, 0.3) is 0 Å². The number of urea groups is 1. The molecule has 210 valence electrons. The van der Waals surface area contributed by atoms with Crippen molar-refractivity contribution >= 4 is 29.0 Å². The normalized spacial score (nSPS) is 15.8. The van der Waals surface area contributed by atoms with Gasteiger partial charge in [0.1, 0.15) is 12.4 Å². The molecular formula is C29H32N4O7. The number of hydrazone groups is 1. The summed E-state index contributed by atoms with van der Waals surface area (Å²) >= 11 is 0. The summed E-state index contributed by atoms with van der Waals surface area (Å²) in [6.07, 6.45) is 0.457. The maximum atomic E-state index is 12.4. The van der Waals surface area contributed by atoms with E-state index in [-0.39, 0.29) is 12.2 Å². The molecule has 0 fully saturated rings. The monoisotopic (exact) mass is 548 g/mol. The first-order valence-corrected chi connectivity index (χ1v) is 12.6. The minimum Gasteiger partial charge on any atom is -0.496 e. The zero-order valence-corrected chi connectivity index (χ0v) is 22.7. The average Bonchev–Trinajstić information content (AvgIpc) is 2.96. The highest BCUT2D eigenvalue weighted by molar-refractivity contribution is 6.02. The fourth-order valence-electron chi connectivity index (χ4n) is 4.40. The van der Waals surface area contributed by atoms with E-state index in [1.807, 2.05) is 43.3 Å². The van der Waals surface area contributed by atoms with Crippen molar-refractivity contribution in [1.82, 2.24) is 16.1 Å². The third kappa shape index (κ3) is 6.26. The molecule has 0 radical (unpaired) electrons. The van der Waals surface area contributed by atoms with E-state index in [4.69, 9.17) is 18.9 Å². The molecule has 4 N–H and O–H groups in total. The summed E-state index contributed by atoms with van der Waals surface area (Å²) in [6, 6.07) is 15.5. The van der Waals surface area contributed by atoms with Crippen LogP contribution in [0.5, 0.6) is 17.2 Å². The molecule has 1 aliphatic heterocycles. The molecule has 2 atom stereocenters. The van der Waals surface area contributed by atoms with Gasteiger partial charge in [-0.1, -0.05) is 36.4 Å². The topological polar surface area (TPSA) is 140 Å². The minimum atomic E-state index is -1.13. The maximum Gasteiger partial charge on any atom is 0.337 e. The number of aliphatic hydroxyl groups excluding tert-OH is 1. The fourth-order valence-corrected chi connectivity index (χ4v) is 4.40. The minimum absolute atomic E-state index is 0.139. The van der Waals surface area contributed by atoms with Gasteiger partial charge in [0.15, 0.2) is 17.7 Å². The van der Waals surface area contributed by atoms with Gasteiger partial charge in [-0.3, -0.25) is 5.43 Å². The molecule has 4 rings (SSSR count). The molecule has 0 saturated heterocycles. The third-order valence-corrected chi connectivity index (χ3v) is 6.24. The van der Waals surface area contributed by atoms with Crippen LogP contribution in [0.25, 0.3) is 10.8 Å². The Balaban J connectivity index is 1.47. The number of hydrogen-bond donors (Lipinski definition) is 4. The van der Waals surface area contributed by atoms with Crippen molar-refractivity contribution in [2.24, 2.45) is 5.10 Å². The Kier molecular flexibility index (Phi) is 9.07. The number of hydrogen-bond acceptors (Lipinski definition) is 9. The quantitative estimate of drug-likeness (QED) is 0.124. The molecule has 0 spiro atoms. The van der Waals surface area contributed by atoms with Gasteiger partial charge < -0.3 is 34.7 Å². The second-order valence-corrected chi connectivity index (χ2v) is 8.82. The highest BCUT2D eigenvalue weighted by atomic mass is 16.5. The Morgan fingerprint density at radius 2 is 1.88 bits per heavy atom. The number of carbonyl (C=O) groups is 2. The van der Waals surface area contributed by atoms with Gasteiger partial charge in [-0.25, -0.2) is 9.59 Å². The Hall–Kier alpha value is -4.77. The molecule has 0 unspecified atom stereocenters. The van der Waals surface area contributed by atoms with E-state index in [1.54, 1.807) is 38.4 Å². The van der Waals surface area contributed by atoms with Gasteiger partial charge in [-0.15, -0.1) is 0 Å². The van der Waals surface area contributed by atoms with Gasteiger partial charge in [-0.05, 0) is 48.4 Å². The second-order valence-electron chi connectivity index (χ2n) is 8.82. The first-order chi connectivity index (χ1) is 19.4. The Morgan fingerprint density at radius 1 is 1.10 bits per heavy atom. The standard InChI is InChI=1S/C29H32N4O7/c1-5-39-24-14-19(27-26(28(35)38-4)17(2)31-29(36)32-27)11-13-23(24)40-16-25(34)33-30-15-21-20-9-7-6-8-18(20)10-12-22(21)37-3/h6-15,25,27,33-34H,5,16H2,1-4H3,(H2,31,32,36)/b30-15+/t25-,27-/m0/s1. The lowest BCUT2D eigenvalue weighted by atomic mass is 9.95. The van der Waals surface area contributed by atoms with Crippen LogP contribution in [0, 0.1) is 0 Å². The molecule has 0 saturated carbocycles. The van der Waals surface area contributed by atoms with Gasteiger partial charge in [-0.2, -0.15) is 5.10 Å². The van der Waals surface area contributed by atoms with E-state index in [0.717, 1.165) is 16.3 Å². The van der Waals surface area contributed by atoms with Crippen LogP contribution < -0.4 is 30.3 Å². The SMILES string of the molecule is CCOc1cc([C@@H]2NC(=O)NC(C)=C2C(=O)OC)ccc1OC[C@H](O)N/N=C/c1c(OC)ccc2ccccc12. The summed E-state index contributed by atoms with van der Waals surface area (Å²) < 4.78 is 21.9. The summed E-state index contributed by atoms with van der Waals surface area (Å²) in [4.78, 5) is 24.5. The van der Waals surface area contributed by atoms with Crippen LogP contribution in [-0.2, 0) is 9.53 Å². The van der Waals surface area contributed by atoms with Crippen LogP contribution in [0.3, 0.4) is 0 Å². The number of methoxy groups -OCH3 is 2. The molecule has 2 amide bonds. The highest BCUT2D eigenvalue weighted by Crippen LogP contribution is 2.35. The van der Waals surface area contributed by atoms with Gasteiger partial charge in [0.05, 0.1) is 38.7 Å². The van der Waals surface area contributed by atoms with Gasteiger partial charge >= 0.3 is 12.0 Å². The zero-order valence-electron chi connectivity index (χ0n) is 22.7. The number of allylic oxidation sites excluding steroid dienone is 1. The number of nitrogens with zero attached hydrogens (tertiary/aromatic N) is 1. The number of benzene rings is 3. The second kappa shape index (κ2) is 12.9. The van der Waals surface area contributed by atoms with E-state index in [1.165, 1.54) is 7.11 Å². The number of nitrogens with one attached hydrogen (secondary N) is 3. The van der Waals surface area contributed by atoms with E-state index >= 15 is 0 Å². The first kappa shape index (κ1) is 28.2. The number of rotatable bonds is 11. The molecule has 0 aromatic heterocycles. The number of aliphatic hydroxyl groups is 1. The largest absolute Gasteiger partial charge is 0.496 e. The molecule has 3 aromatic rings. The molecule has 0 aliphatic carbocycles. The molecule has 11 nitrogen and oxygen atoms in total. The predicted octanol–water partition coefficient (Wildman–Crippen LogP) is 3.37. The van der Waals surface area contributed by atoms with E-state index < -0.39 is 24.3 Å². The number of esters is 1. The number of fused-ring (bicyclic) bond motifs is 1. The van der Waals surface area contributed by atoms with Crippen LogP contribution in [0.2, 0.25) is 0 Å². The lowest BCUT2D eigenvalue weighted by molar-refractivity contribution is -0.136. The molecule has 0 bridgehead atoms. The zero-order chi connectivity index (χ0) is 28.6. The summed E-state index contributed by atoms with van der Waals surface area (Å²) in [5.74, 6) is 0.837. The molecule has 1 heterocycles. The van der Waals surface area contributed by atoms with Gasteiger partial charge in [0.2, 0.25) is 0 Å². The van der Waals surface area contributed by atoms with Crippen molar-refractivity contribution in [1.29, 1.82) is 0 Å². The van der Waals surface area contributed by atoms with Crippen LogP contribution in [-0.4, -0.2) is 57.0 Å². The molecule has 1 aliphatic rings. The third-order valence-electron chi connectivity index (χ3n) is 6.24. The first-order valence-electron chi connectivity index (χ1n) is 12.6. The summed E-state index contributed by atoms with van der Waals surface area (Å²) in [5.41, 5.74) is 4.70. The Bertz CT molecular complexity index is 1450. The smallest absolute Gasteiger partial charge is 0.337 e. The fraction of sp³-hybridized carbons (Fsp3) is 0.276. The van der Waals surface area contributed by atoms with Crippen LogP contribution in [0.15, 0.2) is 71.0 Å². The van der Waals surface area contributed by atoms with Crippen LogP contribution >= 0.6 is 0 Å². The Morgan fingerprint density at radius 3 is 2.62 bits per heavy atom. The van der Waals surface area contributed by atoms with Crippen molar-refractivity contribution in [3.05, 3.63) is 77.0 Å². The van der Waals surface area contributed by atoms with Crippen LogP contribution in [0.4, 0.5) is 4.79 Å². The maximum absolute atomic E-state index is 12.4. The molecule has 40 heavy (non-hydrogen) atoms. The lowest BCUT2D eigenvalue weighted by Gasteiger charge is -2.28. The lowest BCUT2D eigenvalue weighted by Crippen LogP contribution is -2.45. The Labute approximate surface area is 231 Å². The summed E-state index contributed by atoms with van der Waals surface area (Å²) in [7, 11) is 2.87. The number of amides is 2. The van der Waals surface area contributed by atoms with Crippen molar-refractivity contribution in [2.75, 3.05) is 27.4 Å². The predicted molar refractivity (Wildman–Crippen MR) is 149 cm³/mol. The molecular weight excluding hydrogens is 516 g/mol. The van der Waals surface area contributed by atoms with Crippen molar-refractivity contribution in [3.63, 3.8) is 0 Å². The number of ether oxygens (including phenoxy) is 4. The molecule has 3 aromatic carbocycles. The summed E-state index contributed by atoms with van der Waals surface area (Å²) in [5, 5.41) is 22.0. The summed E-state index contributed by atoms with van der Waals surface area (Å²) in [6.45, 7) is 3.65. The van der Waals surface area contributed by atoms with E-state index in [0.29, 0.717) is 35.1 Å².